The number of hydrogen-bond donors (Lipinski definition) is 1. The van der Waals surface area contributed by atoms with Crippen LogP contribution in [-0.4, -0.2) is 31.5 Å². The highest BCUT2D eigenvalue weighted by Crippen LogP contribution is 2.25. The highest BCUT2D eigenvalue weighted by molar-refractivity contribution is 6.00. The first-order chi connectivity index (χ1) is 13.7. The van der Waals surface area contributed by atoms with Gasteiger partial charge in [0.1, 0.15) is 17.4 Å². The lowest BCUT2D eigenvalue weighted by molar-refractivity contribution is -0.128. The summed E-state index contributed by atoms with van der Waals surface area (Å²) < 4.78 is 10.7. The Bertz CT molecular complexity index is 1010. The van der Waals surface area contributed by atoms with Gasteiger partial charge in [-0.15, -0.1) is 0 Å². The van der Waals surface area contributed by atoms with Crippen LogP contribution in [-0.2, 0) is 16.0 Å². The van der Waals surface area contributed by atoms with E-state index in [0.29, 0.717) is 18.7 Å². The van der Waals surface area contributed by atoms with Gasteiger partial charge in [-0.1, -0.05) is 24.3 Å². The molecular weight excluding hydrogens is 356 g/mol. The summed E-state index contributed by atoms with van der Waals surface area (Å²) in [6.45, 7) is 0.630. The van der Waals surface area contributed by atoms with E-state index in [1.165, 1.54) is 0 Å². The molecule has 6 heteroatoms. The highest BCUT2D eigenvalue weighted by atomic mass is 16.5. The molecule has 1 aliphatic rings. The zero-order valence-electron chi connectivity index (χ0n) is 15.7. The number of carbonyl (C=O) groups excluding carboxylic acids is 2. The third-order valence-electron chi connectivity index (χ3n) is 5.05. The second-order valence-electron chi connectivity index (χ2n) is 6.89. The molecule has 1 saturated heterocycles. The lowest BCUT2D eigenvalue weighted by Crippen LogP contribution is -2.52. The molecule has 1 fully saturated rings. The van der Waals surface area contributed by atoms with Crippen LogP contribution in [0.1, 0.15) is 18.4 Å². The molecule has 0 bridgehead atoms. The average Bonchev–Trinajstić information content (AvgIpc) is 3.12. The topological polar surface area (TPSA) is 71.8 Å². The summed E-state index contributed by atoms with van der Waals surface area (Å²) in [6, 6.07) is 14.5. The number of benzene rings is 2. The predicted octanol–water partition coefficient (Wildman–Crippen LogP) is 3.30. The zero-order chi connectivity index (χ0) is 19.5. The Labute approximate surface area is 163 Å². The molecule has 144 valence electrons. The number of anilines is 1. The number of hydrogen-bond acceptors (Lipinski definition) is 4. The van der Waals surface area contributed by atoms with Crippen LogP contribution in [0.5, 0.6) is 5.75 Å². The molecule has 4 rings (SSSR count). The average molecular weight is 378 g/mol. The Kier molecular flexibility index (Phi) is 5.02. The van der Waals surface area contributed by atoms with Crippen molar-refractivity contribution in [3.8, 4) is 5.75 Å². The van der Waals surface area contributed by atoms with E-state index >= 15 is 0 Å². The van der Waals surface area contributed by atoms with Gasteiger partial charge in [0.15, 0.2) is 0 Å². The van der Waals surface area contributed by atoms with Crippen LogP contribution in [0.4, 0.5) is 5.69 Å². The van der Waals surface area contributed by atoms with Crippen molar-refractivity contribution < 1.29 is 18.7 Å². The minimum absolute atomic E-state index is 0.0927. The van der Waals surface area contributed by atoms with Crippen LogP contribution in [0, 0.1) is 0 Å². The van der Waals surface area contributed by atoms with E-state index in [1.807, 2.05) is 48.5 Å². The molecule has 0 saturated carbocycles. The number of carbonyl (C=O) groups is 2. The van der Waals surface area contributed by atoms with Gasteiger partial charge in [0.05, 0.1) is 19.8 Å². The molecule has 1 aromatic heterocycles. The summed E-state index contributed by atoms with van der Waals surface area (Å²) in [5.74, 6) is 0.422. The van der Waals surface area contributed by atoms with Crippen molar-refractivity contribution in [3.05, 3.63) is 60.4 Å². The Morgan fingerprint density at radius 1 is 1.25 bits per heavy atom. The molecule has 6 nitrogen and oxygen atoms in total. The zero-order valence-corrected chi connectivity index (χ0v) is 15.7. The quantitative estimate of drug-likeness (QED) is 0.739. The number of para-hydroxylation sites is 1. The number of fused-ring (bicyclic) bond motifs is 1. The van der Waals surface area contributed by atoms with Crippen LogP contribution < -0.4 is 15.0 Å². The second kappa shape index (κ2) is 7.76. The van der Waals surface area contributed by atoms with E-state index in [1.54, 1.807) is 18.3 Å². The van der Waals surface area contributed by atoms with Crippen LogP contribution in [0.25, 0.3) is 11.0 Å². The maximum atomic E-state index is 12.9. The van der Waals surface area contributed by atoms with E-state index in [9.17, 15) is 9.59 Å². The molecule has 0 spiro atoms. The number of furan rings is 1. The van der Waals surface area contributed by atoms with Gasteiger partial charge in [0.2, 0.25) is 11.8 Å². The second-order valence-corrected chi connectivity index (χ2v) is 6.89. The van der Waals surface area contributed by atoms with Gasteiger partial charge in [-0.05, 0) is 31.0 Å². The first-order valence-corrected chi connectivity index (χ1v) is 9.35. The number of piperidine rings is 1. The van der Waals surface area contributed by atoms with E-state index in [-0.39, 0.29) is 18.2 Å². The third kappa shape index (κ3) is 3.58. The van der Waals surface area contributed by atoms with Crippen LogP contribution in [0.3, 0.4) is 0 Å². The number of amides is 2. The number of methoxy groups -OCH3 is 1. The molecule has 2 heterocycles. The lowest BCUT2D eigenvalue weighted by Gasteiger charge is -2.32. The van der Waals surface area contributed by atoms with Gasteiger partial charge in [-0.25, -0.2) is 0 Å². The molecule has 2 aromatic carbocycles. The summed E-state index contributed by atoms with van der Waals surface area (Å²) in [7, 11) is 1.60. The predicted molar refractivity (Wildman–Crippen MR) is 106 cm³/mol. The summed E-state index contributed by atoms with van der Waals surface area (Å²) in [5.41, 5.74) is 2.35. The fourth-order valence-electron chi connectivity index (χ4n) is 3.63. The molecule has 3 aromatic rings. The first kappa shape index (κ1) is 18.1. The highest BCUT2D eigenvalue weighted by Gasteiger charge is 2.31. The van der Waals surface area contributed by atoms with Gasteiger partial charge in [-0.3, -0.25) is 9.59 Å². The van der Waals surface area contributed by atoms with Gasteiger partial charge >= 0.3 is 0 Å². The largest absolute Gasteiger partial charge is 0.497 e. The number of rotatable bonds is 5. The molecule has 0 aliphatic carbocycles. The van der Waals surface area contributed by atoms with Crippen molar-refractivity contribution in [2.24, 2.45) is 0 Å². The van der Waals surface area contributed by atoms with Gasteiger partial charge < -0.3 is 19.4 Å². The van der Waals surface area contributed by atoms with E-state index in [4.69, 9.17) is 9.15 Å². The van der Waals surface area contributed by atoms with Gasteiger partial charge in [0.25, 0.3) is 0 Å². The van der Waals surface area contributed by atoms with Crippen molar-refractivity contribution in [2.45, 2.75) is 25.3 Å². The van der Waals surface area contributed by atoms with Crippen LogP contribution in [0.2, 0.25) is 0 Å². The van der Waals surface area contributed by atoms with Crippen molar-refractivity contribution >= 4 is 28.5 Å². The molecule has 28 heavy (non-hydrogen) atoms. The van der Waals surface area contributed by atoms with Crippen molar-refractivity contribution in [1.29, 1.82) is 0 Å². The maximum Gasteiger partial charge on any atom is 0.249 e. The number of nitrogens with one attached hydrogen (secondary N) is 1. The Morgan fingerprint density at radius 3 is 2.96 bits per heavy atom. The van der Waals surface area contributed by atoms with E-state index in [2.05, 4.69) is 5.32 Å². The molecule has 1 atom stereocenters. The lowest BCUT2D eigenvalue weighted by atomic mass is 10.0. The maximum absolute atomic E-state index is 12.9. The minimum atomic E-state index is -0.523. The minimum Gasteiger partial charge on any atom is -0.497 e. The molecule has 0 radical (unpaired) electrons. The van der Waals surface area contributed by atoms with Crippen LogP contribution >= 0.6 is 0 Å². The normalized spacial score (nSPS) is 17.0. The van der Waals surface area contributed by atoms with Crippen molar-refractivity contribution in [1.82, 2.24) is 5.32 Å². The number of nitrogens with zero attached hydrogens (tertiary/aromatic N) is 1. The Morgan fingerprint density at radius 2 is 2.11 bits per heavy atom. The fraction of sp³-hybridized carbons (Fsp3) is 0.273. The van der Waals surface area contributed by atoms with Crippen molar-refractivity contribution in [2.75, 3.05) is 18.6 Å². The standard InChI is InChI=1S/C22H22N2O4/c1-27-17-7-4-6-16(13-17)24-11-5-9-19(22(24)26)23-21(25)12-15-14-28-20-10-3-2-8-18(15)20/h2-4,6-8,10,13-14,19H,5,9,11-12H2,1H3,(H,23,25). The molecule has 1 aliphatic heterocycles. The first-order valence-electron chi connectivity index (χ1n) is 9.35. The van der Waals surface area contributed by atoms with E-state index < -0.39 is 6.04 Å². The summed E-state index contributed by atoms with van der Waals surface area (Å²) in [4.78, 5) is 27.2. The Balaban J connectivity index is 1.45. The summed E-state index contributed by atoms with van der Waals surface area (Å²) in [6.07, 6.45) is 3.25. The molecule has 1 N–H and O–H groups in total. The van der Waals surface area contributed by atoms with E-state index in [0.717, 1.165) is 28.6 Å². The third-order valence-corrected chi connectivity index (χ3v) is 5.05. The van der Waals surface area contributed by atoms with Gasteiger partial charge in [-0.2, -0.15) is 0 Å². The summed E-state index contributed by atoms with van der Waals surface area (Å²) >= 11 is 0. The molecule has 1 unspecified atom stereocenters. The summed E-state index contributed by atoms with van der Waals surface area (Å²) in [5, 5.41) is 3.82. The SMILES string of the molecule is COc1cccc(N2CCCC(NC(=O)Cc3coc4ccccc34)C2=O)c1. The Hall–Kier alpha value is -3.28. The van der Waals surface area contributed by atoms with Crippen LogP contribution in [0.15, 0.2) is 59.2 Å². The fourth-order valence-corrected chi connectivity index (χ4v) is 3.63. The molecule has 2 amide bonds. The smallest absolute Gasteiger partial charge is 0.249 e. The van der Waals surface area contributed by atoms with Gasteiger partial charge in [0, 0.05) is 29.2 Å². The monoisotopic (exact) mass is 378 g/mol. The van der Waals surface area contributed by atoms with Crippen molar-refractivity contribution in [3.63, 3.8) is 0 Å². The molecular formula is C22H22N2O4. The number of ether oxygens (including phenoxy) is 1.